The van der Waals surface area contributed by atoms with Gasteiger partial charge < -0.3 is 5.11 Å². The lowest BCUT2D eigenvalue weighted by Gasteiger charge is -2.29. The Morgan fingerprint density at radius 1 is 1.40 bits per heavy atom. The SMILES string of the molecule is CCC(NS(=O)(=O)c1csc(CO)c1)C1CCCCC1. The number of thiophene rings is 1. The second kappa shape index (κ2) is 7.02. The van der Waals surface area contributed by atoms with E-state index in [2.05, 4.69) is 4.72 Å². The van der Waals surface area contributed by atoms with Gasteiger partial charge in [-0.3, -0.25) is 0 Å². The van der Waals surface area contributed by atoms with Crippen molar-refractivity contribution >= 4 is 21.4 Å². The third-order valence-electron chi connectivity index (χ3n) is 4.06. The van der Waals surface area contributed by atoms with E-state index < -0.39 is 10.0 Å². The summed E-state index contributed by atoms with van der Waals surface area (Å²) in [4.78, 5) is 0.955. The molecule has 114 valence electrons. The first-order chi connectivity index (χ1) is 9.56. The summed E-state index contributed by atoms with van der Waals surface area (Å²) >= 11 is 1.28. The van der Waals surface area contributed by atoms with Gasteiger partial charge in [-0.15, -0.1) is 11.3 Å². The van der Waals surface area contributed by atoms with Crippen LogP contribution < -0.4 is 4.72 Å². The summed E-state index contributed by atoms with van der Waals surface area (Å²) in [5.41, 5.74) is 0. The van der Waals surface area contributed by atoms with Gasteiger partial charge in [0.1, 0.15) is 0 Å². The molecular formula is C14H23NO3S2. The maximum atomic E-state index is 12.4. The van der Waals surface area contributed by atoms with Crippen molar-refractivity contribution in [2.75, 3.05) is 0 Å². The van der Waals surface area contributed by atoms with Crippen LogP contribution in [0, 0.1) is 5.92 Å². The van der Waals surface area contributed by atoms with Crippen LogP contribution >= 0.6 is 11.3 Å². The number of nitrogens with one attached hydrogen (secondary N) is 1. The lowest BCUT2D eigenvalue weighted by atomic mass is 9.83. The minimum absolute atomic E-state index is 0.0257. The lowest BCUT2D eigenvalue weighted by Crippen LogP contribution is -2.40. The van der Waals surface area contributed by atoms with Crippen molar-refractivity contribution in [1.82, 2.24) is 4.72 Å². The molecule has 1 heterocycles. The average molecular weight is 317 g/mol. The molecule has 4 nitrogen and oxygen atoms in total. The molecule has 1 saturated carbocycles. The normalized spacial score (nSPS) is 19.1. The Bertz CT molecular complexity index is 518. The summed E-state index contributed by atoms with van der Waals surface area (Å²) in [5.74, 6) is 0.458. The number of hydrogen-bond donors (Lipinski definition) is 2. The molecule has 2 N–H and O–H groups in total. The molecule has 1 unspecified atom stereocenters. The summed E-state index contributed by atoms with van der Waals surface area (Å²) in [6.07, 6.45) is 6.73. The van der Waals surface area contributed by atoms with E-state index in [0.29, 0.717) is 10.8 Å². The highest BCUT2D eigenvalue weighted by atomic mass is 32.2. The van der Waals surface area contributed by atoms with Crippen LogP contribution in [-0.4, -0.2) is 19.6 Å². The number of hydrogen-bond acceptors (Lipinski definition) is 4. The number of aliphatic hydroxyl groups excluding tert-OH is 1. The molecule has 1 aliphatic carbocycles. The monoisotopic (exact) mass is 317 g/mol. The molecule has 0 aliphatic heterocycles. The first-order valence-corrected chi connectivity index (χ1v) is 9.63. The fourth-order valence-electron chi connectivity index (χ4n) is 2.90. The molecule has 1 fully saturated rings. The van der Waals surface area contributed by atoms with Crippen LogP contribution in [0.25, 0.3) is 0 Å². The van der Waals surface area contributed by atoms with Gasteiger partial charge in [-0.2, -0.15) is 0 Å². The molecule has 1 aliphatic rings. The van der Waals surface area contributed by atoms with Crippen LogP contribution in [0.2, 0.25) is 0 Å². The van der Waals surface area contributed by atoms with Gasteiger partial charge in [-0.05, 0) is 31.2 Å². The van der Waals surface area contributed by atoms with Gasteiger partial charge in [0.25, 0.3) is 0 Å². The van der Waals surface area contributed by atoms with Crippen LogP contribution in [0.3, 0.4) is 0 Å². The van der Waals surface area contributed by atoms with Crippen molar-refractivity contribution in [3.05, 3.63) is 16.3 Å². The Hall–Kier alpha value is -0.430. The summed E-state index contributed by atoms with van der Waals surface area (Å²) in [5, 5.41) is 10.6. The van der Waals surface area contributed by atoms with Crippen LogP contribution in [0.5, 0.6) is 0 Å². The molecular weight excluding hydrogens is 294 g/mol. The van der Waals surface area contributed by atoms with Crippen LogP contribution in [0.4, 0.5) is 0 Å². The Labute approximate surface area is 125 Å². The van der Waals surface area contributed by atoms with Crippen molar-refractivity contribution < 1.29 is 13.5 Å². The molecule has 0 radical (unpaired) electrons. The number of rotatable bonds is 6. The van der Waals surface area contributed by atoms with E-state index in [4.69, 9.17) is 5.11 Å². The van der Waals surface area contributed by atoms with E-state index in [1.165, 1.54) is 30.6 Å². The fourth-order valence-corrected chi connectivity index (χ4v) is 5.42. The average Bonchev–Trinajstić information content (AvgIpc) is 2.95. The minimum atomic E-state index is -3.46. The molecule has 2 rings (SSSR count). The standard InChI is InChI=1S/C14H23NO3S2/c1-2-14(11-6-4-3-5-7-11)15-20(17,18)13-8-12(9-16)19-10-13/h8,10-11,14-16H,2-7,9H2,1H3. The molecule has 0 saturated heterocycles. The van der Waals surface area contributed by atoms with Gasteiger partial charge in [0, 0.05) is 16.3 Å². The summed E-state index contributed by atoms with van der Waals surface area (Å²) < 4.78 is 27.6. The molecule has 0 spiro atoms. The predicted octanol–water partition coefficient (Wildman–Crippen LogP) is 2.88. The minimum Gasteiger partial charge on any atom is -0.391 e. The highest BCUT2D eigenvalue weighted by Gasteiger charge is 2.27. The zero-order chi connectivity index (χ0) is 14.6. The Morgan fingerprint density at radius 2 is 2.10 bits per heavy atom. The molecule has 6 heteroatoms. The zero-order valence-electron chi connectivity index (χ0n) is 11.8. The summed E-state index contributed by atoms with van der Waals surface area (Å²) in [7, 11) is -3.46. The van der Waals surface area contributed by atoms with Crippen molar-refractivity contribution in [3.63, 3.8) is 0 Å². The van der Waals surface area contributed by atoms with E-state index in [9.17, 15) is 8.42 Å². The van der Waals surface area contributed by atoms with Gasteiger partial charge in [0.05, 0.1) is 11.5 Å². The fraction of sp³-hybridized carbons (Fsp3) is 0.714. The third kappa shape index (κ3) is 3.81. The largest absolute Gasteiger partial charge is 0.391 e. The van der Waals surface area contributed by atoms with E-state index in [-0.39, 0.29) is 17.5 Å². The number of aliphatic hydroxyl groups is 1. The van der Waals surface area contributed by atoms with E-state index in [0.717, 1.165) is 19.3 Å². The molecule has 20 heavy (non-hydrogen) atoms. The van der Waals surface area contributed by atoms with Gasteiger partial charge in [0.2, 0.25) is 10.0 Å². The van der Waals surface area contributed by atoms with Gasteiger partial charge in [-0.1, -0.05) is 26.2 Å². The first kappa shape index (κ1) is 15.9. The Kier molecular flexibility index (Phi) is 5.60. The molecule has 0 aromatic carbocycles. The molecule has 1 atom stereocenters. The van der Waals surface area contributed by atoms with Gasteiger partial charge in [-0.25, -0.2) is 13.1 Å². The van der Waals surface area contributed by atoms with Gasteiger partial charge in [0.15, 0.2) is 0 Å². The second-order valence-electron chi connectivity index (χ2n) is 5.44. The number of sulfonamides is 1. The van der Waals surface area contributed by atoms with E-state index >= 15 is 0 Å². The summed E-state index contributed by atoms with van der Waals surface area (Å²) in [6, 6.07) is 1.58. The Balaban J connectivity index is 2.08. The zero-order valence-corrected chi connectivity index (χ0v) is 13.5. The van der Waals surface area contributed by atoms with E-state index in [1.807, 2.05) is 6.92 Å². The van der Waals surface area contributed by atoms with Gasteiger partial charge >= 0.3 is 0 Å². The maximum absolute atomic E-state index is 12.4. The quantitative estimate of drug-likeness (QED) is 0.848. The topological polar surface area (TPSA) is 66.4 Å². The van der Waals surface area contributed by atoms with Crippen LogP contribution in [-0.2, 0) is 16.6 Å². The van der Waals surface area contributed by atoms with E-state index in [1.54, 1.807) is 11.4 Å². The molecule has 0 bridgehead atoms. The lowest BCUT2D eigenvalue weighted by molar-refractivity contribution is 0.284. The molecule has 1 aromatic rings. The molecule has 0 amide bonds. The third-order valence-corrected chi connectivity index (χ3v) is 6.60. The van der Waals surface area contributed by atoms with Crippen LogP contribution in [0.1, 0.15) is 50.3 Å². The van der Waals surface area contributed by atoms with Crippen molar-refractivity contribution in [3.8, 4) is 0 Å². The first-order valence-electron chi connectivity index (χ1n) is 7.27. The maximum Gasteiger partial charge on any atom is 0.241 e. The smallest absolute Gasteiger partial charge is 0.241 e. The molecule has 1 aromatic heterocycles. The highest BCUT2D eigenvalue weighted by Crippen LogP contribution is 2.29. The predicted molar refractivity (Wildman–Crippen MR) is 81.2 cm³/mol. The second-order valence-corrected chi connectivity index (χ2v) is 8.15. The highest BCUT2D eigenvalue weighted by molar-refractivity contribution is 7.89. The van der Waals surface area contributed by atoms with Crippen molar-refractivity contribution in [2.45, 2.75) is 63.0 Å². The van der Waals surface area contributed by atoms with Crippen molar-refractivity contribution in [1.29, 1.82) is 0 Å². The summed E-state index contributed by atoms with van der Waals surface area (Å²) in [6.45, 7) is 1.93. The van der Waals surface area contributed by atoms with Crippen molar-refractivity contribution in [2.24, 2.45) is 5.92 Å². The van der Waals surface area contributed by atoms with Crippen LogP contribution in [0.15, 0.2) is 16.3 Å². The Morgan fingerprint density at radius 3 is 2.65 bits per heavy atom.